The van der Waals surface area contributed by atoms with Gasteiger partial charge in [-0.2, -0.15) is 0 Å². The maximum Gasteiger partial charge on any atom is 0.337 e. The number of halogens is 1. The topological polar surface area (TPSA) is 133 Å². The summed E-state index contributed by atoms with van der Waals surface area (Å²) in [6.45, 7) is 0. The SMILES string of the molecule is O=C(O)c1cc(NC(=O)C(Sc2cccc(NC(=O)C3CC=CCC3C(=O)O)c2)c2ccccc2)ccc1Cl. The highest BCUT2D eigenvalue weighted by atomic mass is 35.5. The van der Waals surface area contributed by atoms with Crippen molar-refractivity contribution in [1.82, 2.24) is 0 Å². The van der Waals surface area contributed by atoms with Crippen LogP contribution in [0.3, 0.4) is 0 Å². The number of hydrogen-bond donors (Lipinski definition) is 4. The summed E-state index contributed by atoms with van der Waals surface area (Å²) in [5, 5.41) is 23.8. The quantitative estimate of drug-likeness (QED) is 0.182. The van der Waals surface area contributed by atoms with Gasteiger partial charge in [0.25, 0.3) is 0 Å². The number of anilines is 2. The van der Waals surface area contributed by atoms with E-state index in [1.54, 1.807) is 30.3 Å². The molecule has 4 N–H and O–H groups in total. The molecule has 4 rings (SSSR count). The number of rotatable bonds is 9. The molecule has 3 atom stereocenters. The Morgan fingerprint density at radius 3 is 2.21 bits per heavy atom. The third kappa shape index (κ3) is 7.07. The summed E-state index contributed by atoms with van der Waals surface area (Å²) in [6, 6.07) is 20.3. The number of benzene rings is 3. The molecule has 0 aliphatic heterocycles. The summed E-state index contributed by atoms with van der Waals surface area (Å²) < 4.78 is 0. The van der Waals surface area contributed by atoms with Gasteiger partial charge in [-0.1, -0.05) is 60.2 Å². The second kappa shape index (κ2) is 12.6. The Hall–Kier alpha value is -4.08. The Morgan fingerprint density at radius 1 is 0.821 bits per heavy atom. The Balaban J connectivity index is 1.54. The molecule has 0 bridgehead atoms. The Bertz CT molecular complexity index is 1430. The van der Waals surface area contributed by atoms with Crippen molar-refractivity contribution in [1.29, 1.82) is 0 Å². The van der Waals surface area contributed by atoms with Gasteiger partial charge >= 0.3 is 11.9 Å². The Kier molecular flexibility index (Phi) is 9.06. The number of carbonyl (C=O) groups excluding carboxylic acids is 2. The molecule has 0 saturated carbocycles. The number of carboxylic acid groups (broad SMARTS) is 2. The van der Waals surface area contributed by atoms with E-state index in [1.807, 2.05) is 36.4 Å². The maximum absolute atomic E-state index is 13.4. The molecule has 3 aromatic rings. The van der Waals surface area contributed by atoms with Crippen LogP contribution >= 0.6 is 23.4 Å². The minimum absolute atomic E-state index is 0.0623. The van der Waals surface area contributed by atoms with Crippen molar-refractivity contribution in [3.05, 3.63) is 101 Å². The van der Waals surface area contributed by atoms with Crippen LogP contribution < -0.4 is 10.6 Å². The number of nitrogens with one attached hydrogen (secondary N) is 2. The number of aromatic carboxylic acids is 1. The van der Waals surface area contributed by atoms with Gasteiger partial charge < -0.3 is 20.8 Å². The normalized spacial score (nSPS) is 17.2. The minimum Gasteiger partial charge on any atom is -0.481 e. The zero-order chi connectivity index (χ0) is 27.9. The lowest BCUT2D eigenvalue weighted by Gasteiger charge is -2.24. The first-order chi connectivity index (χ1) is 18.7. The van der Waals surface area contributed by atoms with Crippen molar-refractivity contribution >= 4 is 58.5 Å². The van der Waals surface area contributed by atoms with Crippen LogP contribution in [0.4, 0.5) is 11.4 Å². The lowest BCUT2D eigenvalue weighted by Crippen LogP contribution is -2.34. The van der Waals surface area contributed by atoms with Gasteiger partial charge in [-0.15, -0.1) is 11.8 Å². The molecule has 10 heteroatoms. The number of hydrogen-bond acceptors (Lipinski definition) is 5. The fourth-order valence-corrected chi connectivity index (χ4v) is 5.55. The predicted octanol–water partition coefficient (Wildman–Crippen LogP) is 6.12. The second-order valence-corrected chi connectivity index (χ2v) is 10.5. The van der Waals surface area contributed by atoms with Crippen LogP contribution in [-0.2, 0) is 14.4 Å². The molecule has 0 saturated heterocycles. The molecule has 1 aliphatic rings. The zero-order valence-electron chi connectivity index (χ0n) is 20.5. The molecule has 0 spiro atoms. The van der Waals surface area contributed by atoms with Crippen LogP contribution in [0.5, 0.6) is 0 Å². The Morgan fingerprint density at radius 2 is 1.51 bits per heavy atom. The van der Waals surface area contributed by atoms with E-state index in [-0.39, 0.29) is 22.4 Å². The van der Waals surface area contributed by atoms with Gasteiger partial charge in [0.05, 0.1) is 22.4 Å². The van der Waals surface area contributed by atoms with E-state index in [0.29, 0.717) is 29.1 Å². The van der Waals surface area contributed by atoms with Crippen LogP contribution in [0.15, 0.2) is 89.8 Å². The molecule has 200 valence electrons. The summed E-state index contributed by atoms with van der Waals surface area (Å²) in [5.74, 6) is -4.42. The summed E-state index contributed by atoms with van der Waals surface area (Å²) in [7, 11) is 0. The Labute approximate surface area is 234 Å². The number of carboxylic acids is 2. The molecular weight excluding hydrogens is 540 g/mol. The highest BCUT2D eigenvalue weighted by molar-refractivity contribution is 8.00. The largest absolute Gasteiger partial charge is 0.481 e. The first-order valence-electron chi connectivity index (χ1n) is 12.1. The van der Waals surface area contributed by atoms with Crippen molar-refractivity contribution in [2.24, 2.45) is 11.8 Å². The molecule has 3 unspecified atom stereocenters. The number of aliphatic carboxylic acids is 1. The number of thioether (sulfide) groups is 1. The van der Waals surface area contributed by atoms with Gasteiger partial charge in [0.1, 0.15) is 5.25 Å². The number of allylic oxidation sites excluding steroid dienone is 2. The van der Waals surface area contributed by atoms with E-state index in [9.17, 15) is 29.4 Å². The summed E-state index contributed by atoms with van der Waals surface area (Å²) in [6.07, 6.45) is 4.25. The predicted molar refractivity (Wildman–Crippen MR) is 150 cm³/mol. The molecule has 0 radical (unpaired) electrons. The zero-order valence-corrected chi connectivity index (χ0v) is 22.1. The standard InChI is InChI=1S/C29H25ClN2O6S/c30-24-14-13-19(16-23(24)29(37)38)32-27(34)25(17-7-2-1-3-8-17)39-20-10-6-9-18(15-20)31-26(33)21-11-4-5-12-22(21)28(35)36/h1-10,13-16,21-22,25H,11-12H2,(H,31,33)(H,32,34)(H,35,36)(H,37,38). The summed E-state index contributed by atoms with van der Waals surface area (Å²) >= 11 is 7.21. The fourth-order valence-electron chi connectivity index (χ4n) is 4.27. The van der Waals surface area contributed by atoms with Gasteiger partial charge in [-0.3, -0.25) is 14.4 Å². The highest BCUT2D eigenvalue weighted by Crippen LogP contribution is 2.38. The third-order valence-corrected chi connectivity index (χ3v) is 7.82. The van der Waals surface area contributed by atoms with Crippen molar-refractivity contribution in [3.63, 3.8) is 0 Å². The molecule has 0 heterocycles. The van der Waals surface area contributed by atoms with Gasteiger partial charge in [-0.05, 0) is 54.8 Å². The summed E-state index contributed by atoms with van der Waals surface area (Å²) in [5.41, 5.74) is 1.37. The van der Waals surface area contributed by atoms with Crippen molar-refractivity contribution in [2.75, 3.05) is 10.6 Å². The van der Waals surface area contributed by atoms with Crippen molar-refractivity contribution in [3.8, 4) is 0 Å². The summed E-state index contributed by atoms with van der Waals surface area (Å²) in [4.78, 5) is 50.1. The average Bonchev–Trinajstić information content (AvgIpc) is 2.93. The van der Waals surface area contributed by atoms with Crippen molar-refractivity contribution in [2.45, 2.75) is 23.0 Å². The van der Waals surface area contributed by atoms with Crippen LogP contribution in [-0.4, -0.2) is 34.0 Å². The van der Waals surface area contributed by atoms with Gasteiger partial charge in [0.15, 0.2) is 0 Å². The van der Waals surface area contributed by atoms with E-state index in [2.05, 4.69) is 10.6 Å². The second-order valence-electron chi connectivity index (χ2n) is 8.91. The maximum atomic E-state index is 13.4. The van der Waals surface area contributed by atoms with E-state index < -0.39 is 29.0 Å². The van der Waals surface area contributed by atoms with Gasteiger partial charge in [0.2, 0.25) is 11.8 Å². The monoisotopic (exact) mass is 564 g/mol. The first-order valence-corrected chi connectivity index (χ1v) is 13.3. The van der Waals surface area contributed by atoms with E-state index >= 15 is 0 Å². The third-order valence-electron chi connectivity index (χ3n) is 6.25. The van der Waals surface area contributed by atoms with Crippen LogP contribution in [0.2, 0.25) is 5.02 Å². The van der Waals surface area contributed by atoms with Gasteiger partial charge in [-0.25, -0.2) is 4.79 Å². The van der Waals surface area contributed by atoms with E-state index in [0.717, 1.165) is 5.56 Å². The lowest BCUT2D eigenvalue weighted by molar-refractivity contribution is -0.146. The number of carbonyl (C=O) groups is 4. The molecule has 8 nitrogen and oxygen atoms in total. The average molecular weight is 565 g/mol. The number of amides is 2. The first kappa shape index (κ1) is 27.9. The molecule has 39 heavy (non-hydrogen) atoms. The minimum atomic E-state index is -1.21. The smallest absolute Gasteiger partial charge is 0.337 e. The molecular formula is C29H25ClN2O6S. The molecule has 0 fully saturated rings. The van der Waals surface area contributed by atoms with Crippen molar-refractivity contribution < 1.29 is 29.4 Å². The van der Waals surface area contributed by atoms with E-state index in [1.165, 1.54) is 30.0 Å². The van der Waals surface area contributed by atoms with Crippen LogP contribution in [0.1, 0.15) is 34.0 Å². The van der Waals surface area contributed by atoms with E-state index in [4.69, 9.17) is 11.6 Å². The lowest BCUT2D eigenvalue weighted by atomic mass is 9.82. The molecule has 3 aromatic carbocycles. The van der Waals surface area contributed by atoms with Crippen LogP contribution in [0, 0.1) is 11.8 Å². The molecule has 1 aliphatic carbocycles. The van der Waals surface area contributed by atoms with Crippen LogP contribution in [0.25, 0.3) is 0 Å². The molecule has 0 aromatic heterocycles. The van der Waals surface area contributed by atoms with Gasteiger partial charge in [0, 0.05) is 16.3 Å². The fraction of sp³-hybridized carbons (Fsp3) is 0.172. The highest BCUT2D eigenvalue weighted by Gasteiger charge is 2.34. The molecule has 2 amide bonds.